The van der Waals surface area contributed by atoms with Crippen molar-refractivity contribution in [2.75, 3.05) is 19.0 Å². The summed E-state index contributed by atoms with van der Waals surface area (Å²) in [7, 11) is 1.53. The second kappa shape index (κ2) is 8.49. The number of aryl methyl sites for hydroxylation is 1. The van der Waals surface area contributed by atoms with Crippen LogP contribution in [0.2, 0.25) is 0 Å². The Kier molecular flexibility index (Phi) is 5.86. The molecule has 0 saturated heterocycles. The van der Waals surface area contributed by atoms with Crippen molar-refractivity contribution >= 4 is 17.6 Å². The average molecular weight is 353 g/mol. The Labute approximate surface area is 153 Å². The lowest BCUT2D eigenvalue weighted by atomic mass is 10.1. The van der Waals surface area contributed by atoms with Crippen molar-refractivity contribution in [3.63, 3.8) is 0 Å². The van der Waals surface area contributed by atoms with Crippen molar-refractivity contribution in [2.24, 2.45) is 10.7 Å². The largest absolute Gasteiger partial charge is 0.463 e. The molecule has 2 atom stereocenters. The fourth-order valence-corrected chi connectivity index (χ4v) is 2.90. The SMILES string of the molecule is CO[C@H](C(=O)Nc1ccc(CC[C@H]2COC(N)=N2)cc1)c1ccccc1. The number of methoxy groups -OCH3 is 1. The highest BCUT2D eigenvalue weighted by Gasteiger charge is 2.20. The minimum absolute atomic E-state index is 0.128. The number of rotatable bonds is 7. The maximum absolute atomic E-state index is 12.5. The number of aliphatic imine (C=N–C) groups is 1. The molecule has 1 aliphatic rings. The molecule has 3 rings (SSSR count). The first-order valence-electron chi connectivity index (χ1n) is 8.59. The van der Waals surface area contributed by atoms with E-state index in [0.29, 0.717) is 6.61 Å². The molecule has 6 nitrogen and oxygen atoms in total. The van der Waals surface area contributed by atoms with Crippen molar-refractivity contribution < 1.29 is 14.3 Å². The Morgan fingerprint density at radius 2 is 2.00 bits per heavy atom. The fraction of sp³-hybridized carbons (Fsp3) is 0.300. The predicted octanol–water partition coefficient (Wildman–Crippen LogP) is 2.66. The van der Waals surface area contributed by atoms with Gasteiger partial charge in [-0.2, -0.15) is 0 Å². The maximum Gasteiger partial charge on any atom is 0.282 e. The summed E-state index contributed by atoms with van der Waals surface area (Å²) in [5, 5.41) is 2.90. The molecule has 3 N–H and O–H groups in total. The van der Waals surface area contributed by atoms with E-state index in [1.165, 1.54) is 12.7 Å². The van der Waals surface area contributed by atoms with E-state index in [-0.39, 0.29) is 18.0 Å². The van der Waals surface area contributed by atoms with E-state index >= 15 is 0 Å². The first-order chi connectivity index (χ1) is 12.7. The normalized spacial score (nSPS) is 17.3. The van der Waals surface area contributed by atoms with E-state index in [9.17, 15) is 4.79 Å². The van der Waals surface area contributed by atoms with Gasteiger partial charge in [-0.3, -0.25) is 4.79 Å². The molecule has 0 unspecified atom stereocenters. The minimum atomic E-state index is -0.637. The van der Waals surface area contributed by atoms with Crippen LogP contribution in [0.5, 0.6) is 0 Å². The third-order valence-corrected chi connectivity index (χ3v) is 4.30. The lowest BCUT2D eigenvalue weighted by molar-refractivity contribution is -0.126. The van der Waals surface area contributed by atoms with Crippen LogP contribution in [-0.2, 0) is 20.7 Å². The van der Waals surface area contributed by atoms with Crippen LogP contribution in [0, 0.1) is 0 Å². The predicted molar refractivity (Wildman–Crippen MR) is 101 cm³/mol. The lowest BCUT2D eigenvalue weighted by Gasteiger charge is -2.16. The zero-order chi connectivity index (χ0) is 18.4. The fourth-order valence-electron chi connectivity index (χ4n) is 2.90. The topological polar surface area (TPSA) is 85.9 Å². The number of benzene rings is 2. The van der Waals surface area contributed by atoms with Crippen molar-refractivity contribution in [2.45, 2.75) is 25.0 Å². The van der Waals surface area contributed by atoms with E-state index in [2.05, 4.69) is 10.3 Å². The molecular weight excluding hydrogens is 330 g/mol. The molecule has 1 heterocycles. The van der Waals surface area contributed by atoms with Gasteiger partial charge in [-0.1, -0.05) is 42.5 Å². The first-order valence-corrected chi connectivity index (χ1v) is 8.59. The summed E-state index contributed by atoms with van der Waals surface area (Å²) < 4.78 is 10.5. The summed E-state index contributed by atoms with van der Waals surface area (Å²) in [5.74, 6) is -0.195. The maximum atomic E-state index is 12.5. The van der Waals surface area contributed by atoms with E-state index in [0.717, 1.165) is 24.1 Å². The molecule has 0 fully saturated rings. The minimum Gasteiger partial charge on any atom is -0.463 e. The van der Waals surface area contributed by atoms with Crippen LogP contribution in [0.15, 0.2) is 59.6 Å². The standard InChI is InChI=1S/C20H23N3O3/c1-25-18(15-5-3-2-4-6-15)19(24)22-16-10-7-14(8-11-16)9-12-17-13-26-20(21)23-17/h2-8,10-11,17-18H,9,12-13H2,1H3,(H2,21,23)(H,22,24)/t17-,18-/m0/s1. The zero-order valence-electron chi connectivity index (χ0n) is 14.7. The molecule has 2 aromatic rings. The number of hydrogen-bond donors (Lipinski definition) is 2. The first kappa shape index (κ1) is 17.9. The Morgan fingerprint density at radius 1 is 1.27 bits per heavy atom. The van der Waals surface area contributed by atoms with Crippen LogP contribution in [0.25, 0.3) is 0 Å². The van der Waals surface area contributed by atoms with Gasteiger partial charge in [0.25, 0.3) is 11.9 Å². The van der Waals surface area contributed by atoms with E-state index in [1.54, 1.807) is 0 Å². The summed E-state index contributed by atoms with van der Waals surface area (Å²) in [4.78, 5) is 16.7. The molecule has 1 aliphatic heterocycles. The van der Waals surface area contributed by atoms with Crippen LogP contribution in [-0.4, -0.2) is 31.7 Å². The smallest absolute Gasteiger partial charge is 0.282 e. The number of amidine groups is 1. The van der Waals surface area contributed by atoms with Crippen LogP contribution in [0.3, 0.4) is 0 Å². The summed E-state index contributed by atoms with van der Waals surface area (Å²) in [6.45, 7) is 0.553. The molecule has 26 heavy (non-hydrogen) atoms. The van der Waals surface area contributed by atoms with Crippen LogP contribution < -0.4 is 11.1 Å². The Balaban J connectivity index is 1.55. The van der Waals surface area contributed by atoms with Crippen molar-refractivity contribution in [3.8, 4) is 0 Å². The summed E-state index contributed by atoms with van der Waals surface area (Å²) >= 11 is 0. The third-order valence-electron chi connectivity index (χ3n) is 4.30. The number of amides is 1. The highest BCUT2D eigenvalue weighted by atomic mass is 16.5. The molecule has 136 valence electrons. The van der Waals surface area contributed by atoms with Gasteiger partial charge in [-0.05, 0) is 36.1 Å². The lowest BCUT2D eigenvalue weighted by Crippen LogP contribution is -2.22. The highest BCUT2D eigenvalue weighted by Crippen LogP contribution is 2.20. The van der Waals surface area contributed by atoms with Gasteiger partial charge < -0.3 is 20.5 Å². The molecule has 2 aromatic carbocycles. The van der Waals surface area contributed by atoms with Gasteiger partial charge in [0.05, 0.1) is 6.04 Å². The quantitative estimate of drug-likeness (QED) is 0.801. The number of nitrogens with one attached hydrogen (secondary N) is 1. The van der Waals surface area contributed by atoms with Gasteiger partial charge in [0, 0.05) is 12.8 Å². The number of carbonyl (C=O) groups excluding carboxylic acids is 1. The number of carbonyl (C=O) groups is 1. The molecule has 1 amide bonds. The molecule has 0 aromatic heterocycles. The van der Waals surface area contributed by atoms with Gasteiger partial charge >= 0.3 is 0 Å². The number of nitrogens with zero attached hydrogens (tertiary/aromatic N) is 1. The van der Waals surface area contributed by atoms with E-state index in [4.69, 9.17) is 15.2 Å². The second-order valence-electron chi connectivity index (χ2n) is 6.18. The number of nitrogens with two attached hydrogens (primary N) is 1. The van der Waals surface area contributed by atoms with Crippen molar-refractivity contribution in [1.82, 2.24) is 0 Å². The molecule has 0 radical (unpaired) electrons. The second-order valence-corrected chi connectivity index (χ2v) is 6.18. The van der Waals surface area contributed by atoms with Crippen molar-refractivity contribution in [3.05, 3.63) is 65.7 Å². The number of anilines is 1. The highest BCUT2D eigenvalue weighted by molar-refractivity contribution is 5.94. The third kappa shape index (κ3) is 4.61. The Hall–Kier alpha value is -2.86. The van der Waals surface area contributed by atoms with Crippen LogP contribution in [0.1, 0.15) is 23.7 Å². The zero-order valence-corrected chi connectivity index (χ0v) is 14.7. The van der Waals surface area contributed by atoms with Gasteiger partial charge in [0.1, 0.15) is 6.61 Å². The molecular formula is C20H23N3O3. The van der Waals surface area contributed by atoms with Crippen LogP contribution >= 0.6 is 0 Å². The van der Waals surface area contributed by atoms with E-state index in [1.807, 2.05) is 54.6 Å². The van der Waals surface area contributed by atoms with Gasteiger partial charge in [0.15, 0.2) is 6.10 Å². The summed E-state index contributed by atoms with van der Waals surface area (Å²) in [5.41, 5.74) is 8.25. The molecule has 6 heteroatoms. The van der Waals surface area contributed by atoms with Gasteiger partial charge in [-0.15, -0.1) is 0 Å². The van der Waals surface area contributed by atoms with Gasteiger partial charge in [-0.25, -0.2) is 4.99 Å². The Morgan fingerprint density at radius 3 is 2.62 bits per heavy atom. The summed E-state index contributed by atoms with van der Waals surface area (Å²) in [6, 6.07) is 17.6. The molecule has 0 aliphatic carbocycles. The van der Waals surface area contributed by atoms with Crippen LogP contribution in [0.4, 0.5) is 5.69 Å². The number of hydrogen-bond acceptors (Lipinski definition) is 5. The molecule has 0 spiro atoms. The van der Waals surface area contributed by atoms with E-state index < -0.39 is 6.10 Å². The Bertz CT molecular complexity index is 760. The number of ether oxygens (including phenoxy) is 2. The molecule has 0 bridgehead atoms. The average Bonchev–Trinajstić information content (AvgIpc) is 3.08. The molecule has 0 saturated carbocycles. The summed E-state index contributed by atoms with van der Waals surface area (Å²) in [6.07, 6.45) is 1.12. The van der Waals surface area contributed by atoms with Gasteiger partial charge in [0.2, 0.25) is 0 Å². The monoisotopic (exact) mass is 353 g/mol. The van der Waals surface area contributed by atoms with Crippen molar-refractivity contribution in [1.29, 1.82) is 0 Å².